The predicted molar refractivity (Wildman–Crippen MR) is 185 cm³/mol. The monoisotopic (exact) mass is 671 g/mol. The lowest BCUT2D eigenvalue weighted by molar-refractivity contribution is -0.145. The number of amides is 2. The Morgan fingerprint density at radius 1 is 0.898 bits per heavy atom. The Morgan fingerprint density at radius 2 is 1.59 bits per heavy atom. The number of aryl methyl sites for hydroxylation is 1. The highest BCUT2D eigenvalue weighted by Gasteiger charge is 2.34. The molecular weight excluding hydrogens is 627 g/mol. The number of halogens is 3. The van der Waals surface area contributed by atoms with Gasteiger partial charge in [-0.3, -0.25) is 14.5 Å². The number of nitrogens with one attached hydrogen (secondary N) is 1. The number of carbonyl (C=O) groups excluding carboxylic acids is 2. The second-order valence-corrected chi connectivity index (χ2v) is 12.6. The predicted octanol–water partition coefficient (Wildman–Crippen LogP) is 7.16. The molecule has 1 fully saturated rings. The van der Waals surface area contributed by atoms with E-state index in [0.29, 0.717) is 31.7 Å². The highest BCUT2D eigenvalue weighted by molar-refractivity contribution is 5.95. The zero-order valence-corrected chi connectivity index (χ0v) is 27.9. The molecule has 49 heavy (non-hydrogen) atoms. The van der Waals surface area contributed by atoms with Gasteiger partial charge >= 0.3 is 6.18 Å². The maximum absolute atomic E-state index is 14.4. The van der Waals surface area contributed by atoms with Crippen LogP contribution in [0.5, 0.6) is 0 Å². The molecule has 1 aliphatic rings. The van der Waals surface area contributed by atoms with Gasteiger partial charge in [-0.1, -0.05) is 86.5 Å². The first-order valence-electron chi connectivity index (χ1n) is 17.0. The first-order chi connectivity index (χ1) is 23.7. The van der Waals surface area contributed by atoms with E-state index in [1.807, 2.05) is 35.2 Å². The van der Waals surface area contributed by atoms with Gasteiger partial charge in [-0.15, -0.1) is 0 Å². The summed E-state index contributed by atoms with van der Waals surface area (Å²) in [6, 6.07) is 22.2. The molecule has 0 unspecified atom stereocenters. The van der Waals surface area contributed by atoms with Crippen LogP contribution in [0.25, 0.3) is 6.08 Å². The fourth-order valence-electron chi connectivity index (χ4n) is 6.09. The van der Waals surface area contributed by atoms with Crippen molar-refractivity contribution in [3.63, 3.8) is 0 Å². The molecular formula is C39H44F3N5O2. The number of piperazine rings is 1. The molecule has 2 amide bonds. The number of aromatic nitrogens is 2. The van der Waals surface area contributed by atoms with E-state index in [2.05, 4.69) is 46.1 Å². The Bertz CT molecular complexity index is 1630. The highest BCUT2D eigenvalue weighted by atomic mass is 19.4. The number of carbonyl (C=O) groups is 2. The Morgan fingerprint density at radius 3 is 2.22 bits per heavy atom. The van der Waals surface area contributed by atoms with E-state index in [9.17, 15) is 22.8 Å². The van der Waals surface area contributed by atoms with E-state index in [-0.39, 0.29) is 18.9 Å². The van der Waals surface area contributed by atoms with Gasteiger partial charge in [0.05, 0.1) is 11.9 Å². The summed E-state index contributed by atoms with van der Waals surface area (Å²) in [4.78, 5) is 41.4. The van der Waals surface area contributed by atoms with Crippen molar-refractivity contribution in [2.75, 3.05) is 26.2 Å². The lowest BCUT2D eigenvalue weighted by Crippen LogP contribution is -2.56. The number of hydrogen-bond donors (Lipinski definition) is 1. The fourth-order valence-corrected chi connectivity index (χ4v) is 6.09. The van der Waals surface area contributed by atoms with Crippen LogP contribution in [-0.4, -0.2) is 68.7 Å². The zero-order chi connectivity index (χ0) is 34.6. The average molecular weight is 672 g/mol. The number of unbranched alkanes of at least 4 members (excludes halogenated alkanes) is 2. The third-order valence-corrected chi connectivity index (χ3v) is 8.95. The van der Waals surface area contributed by atoms with E-state index >= 15 is 0 Å². The van der Waals surface area contributed by atoms with Gasteiger partial charge in [-0.25, -0.2) is 4.98 Å². The first kappa shape index (κ1) is 35.6. The summed E-state index contributed by atoms with van der Waals surface area (Å²) in [6.45, 7) is 5.63. The minimum Gasteiger partial charge on any atom is -0.348 e. The van der Waals surface area contributed by atoms with Crippen molar-refractivity contribution >= 4 is 17.9 Å². The van der Waals surface area contributed by atoms with E-state index in [1.54, 1.807) is 17.4 Å². The molecule has 0 spiro atoms. The summed E-state index contributed by atoms with van der Waals surface area (Å²) >= 11 is 0. The number of hydrogen-bond acceptors (Lipinski definition) is 4. The molecule has 0 saturated carbocycles. The summed E-state index contributed by atoms with van der Waals surface area (Å²) in [6.07, 6.45) is 6.20. The lowest BCUT2D eigenvalue weighted by Gasteiger charge is -2.39. The number of aromatic amines is 1. The minimum absolute atomic E-state index is 0.151. The number of benzene rings is 3. The van der Waals surface area contributed by atoms with Crippen molar-refractivity contribution in [3.05, 3.63) is 131 Å². The Hall–Kier alpha value is -4.70. The van der Waals surface area contributed by atoms with E-state index < -0.39 is 23.7 Å². The molecule has 1 aliphatic heterocycles. The van der Waals surface area contributed by atoms with Crippen LogP contribution in [0.15, 0.2) is 97.5 Å². The maximum Gasteiger partial charge on any atom is 0.416 e. The van der Waals surface area contributed by atoms with Gasteiger partial charge in [0.2, 0.25) is 11.8 Å². The summed E-state index contributed by atoms with van der Waals surface area (Å²) in [5, 5.41) is 0. The number of nitrogens with zero attached hydrogens (tertiary/aromatic N) is 4. The molecule has 0 radical (unpaired) electrons. The van der Waals surface area contributed by atoms with Crippen LogP contribution < -0.4 is 0 Å². The average Bonchev–Trinajstić information content (AvgIpc) is 3.63. The van der Waals surface area contributed by atoms with E-state index in [1.165, 1.54) is 35.4 Å². The van der Waals surface area contributed by atoms with Gasteiger partial charge in [-0.05, 0) is 53.3 Å². The van der Waals surface area contributed by atoms with Gasteiger partial charge in [0.15, 0.2) is 0 Å². The number of H-pyrrole nitrogens is 1. The third-order valence-electron chi connectivity index (χ3n) is 8.95. The second-order valence-electron chi connectivity index (χ2n) is 12.6. The summed E-state index contributed by atoms with van der Waals surface area (Å²) in [7, 11) is 0. The van der Waals surface area contributed by atoms with E-state index in [4.69, 9.17) is 0 Å². The summed E-state index contributed by atoms with van der Waals surface area (Å²) in [5.41, 5.74) is 3.72. The standard InChI is InChI=1S/C39H44F3N5O2/c1-2-3-5-8-30-11-13-33(14-12-30)28-47(37(48)20-17-31-15-18-34(19-16-31)39(40,41)42)36(25-35-26-43-29-44-35)38(49)46-23-21-45(22-24-46)27-32-9-6-4-7-10-32/h4,6-7,9-20,26,29,36H,2-3,5,8,21-25,27-28H2,1H3,(H,43,44)/b20-17+/t36-/m0/s1. The third kappa shape index (κ3) is 10.4. The summed E-state index contributed by atoms with van der Waals surface area (Å²) in [5.74, 6) is -0.561. The van der Waals surface area contributed by atoms with Gasteiger partial charge in [0, 0.05) is 63.7 Å². The Balaban J connectivity index is 1.38. The molecule has 4 aromatic rings. The van der Waals surface area contributed by atoms with E-state index in [0.717, 1.165) is 55.6 Å². The number of imidazole rings is 1. The second kappa shape index (κ2) is 17.1. The van der Waals surface area contributed by atoms with Gasteiger partial charge in [-0.2, -0.15) is 13.2 Å². The molecule has 0 aliphatic carbocycles. The normalized spacial score (nSPS) is 14.7. The smallest absolute Gasteiger partial charge is 0.348 e. The molecule has 1 N–H and O–H groups in total. The van der Waals surface area contributed by atoms with Crippen LogP contribution in [0.3, 0.4) is 0 Å². The zero-order valence-electron chi connectivity index (χ0n) is 27.9. The van der Waals surface area contributed by atoms with Crippen molar-refractivity contribution in [2.45, 2.75) is 64.3 Å². The molecule has 2 heterocycles. The molecule has 3 aromatic carbocycles. The maximum atomic E-state index is 14.4. The van der Waals surface area contributed by atoms with Crippen LogP contribution in [0, 0.1) is 0 Å². The SMILES string of the molecule is CCCCCc1ccc(CN(C(=O)/C=C/c2ccc(C(F)(F)F)cc2)[C@@H](Cc2cnc[nH]2)C(=O)N2CCN(Cc3ccccc3)CC2)cc1. The molecule has 1 atom stereocenters. The first-order valence-corrected chi connectivity index (χ1v) is 17.0. The van der Waals surface area contributed by atoms with Crippen molar-refractivity contribution in [3.8, 4) is 0 Å². The summed E-state index contributed by atoms with van der Waals surface area (Å²) < 4.78 is 39.4. The van der Waals surface area contributed by atoms with Crippen LogP contribution >= 0.6 is 0 Å². The van der Waals surface area contributed by atoms with Crippen molar-refractivity contribution in [2.24, 2.45) is 0 Å². The minimum atomic E-state index is -4.45. The Kier molecular flexibility index (Phi) is 12.4. The largest absolute Gasteiger partial charge is 0.416 e. The molecule has 1 aromatic heterocycles. The molecule has 0 bridgehead atoms. The topological polar surface area (TPSA) is 72.5 Å². The molecule has 10 heteroatoms. The molecule has 5 rings (SSSR count). The lowest BCUT2D eigenvalue weighted by atomic mass is 10.0. The highest BCUT2D eigenvalue weighted by Crippen LogP contribution is 2.29. The van der Waals surface area contributed by atoms with Crippen LogP contribution in [0.4, 0.5) is 13.2 Å². The fraction of sp³-hybridized carbons (Fsp3) is 0.359. The number of rotatable bonds is 14. The van der Waals surface area contributed by atoms with Crippen molar-refractivity contribution in [1.29, 1.82) is 0 Å². The van der Waals surface area contributed by atoms with Crippen molar-refractivity contribution in [1.82, 2.24) is 24.7 Å². The van der Waals surface area contributed by atoms with Crippen LogP contribution in [-0.2, 0) is 41.7 Å². The van der Waals surface area contributed by atoms with Gasteiger partial charge in [0.25, 0.3) is 0 Å². The Labute approximate surface area is 286 Å². The van der Waals surface area contributed by atoms with Crippen LogP contribution in [0.2, 0.25) is 0 Å². The quantitative estimate of drug-likeness (QED) is 0.114. The molecule has 7 nitrogen and oxygen atoms in total. The van der Waals surface area contributed by atoms with Gasteiger partial charge in [0.1, 0.15) is 6.04 Å². The molecule has 1 saturated heterocycles. The van der Waals surface area contributed by atoms with Gasteiger partial charge < -0.3 is 14.8 Å². The number of alkyl halides is 3. The van der Waals surface area contributed by atoms with Crippen LogP contribution in [0.1, 0.15) is 59.7 Å². The molecule has 258 valence electrons. The van der Waals surface area contributed by atoms with Crippen molar-refractivity contribution < 1.29 is 22.8 Å².